The van der Waals surface area contributed by atoms with Crippen molar-refractivity contribution in [3.63, 3.8) is 0 Å². The number of carbonyl (C=O) groups is 1. The van der Waals surface area contributed by atoms with Crippen molar-refractivity contribution in [2.75, 3.05) is 17.3 Å². The third-order valence-electron chi connectivity index (χ3n) is 3.15. The molecule has 5 nitrogen and oxygen atoms in total. The van der Waals surface area contributed by atoms with Crippen LogP contribution in [0, 0.1) is 0 Å². The van der Waals surface area contributed by atoms with Crippen molar-refractivity contribution in [3.05, 3.63) is 29.8 Å². The van der Waals surface area contributed by atoms with Gasteiger partial charge in [0, 0.05) is 11.9 Å². The number of rotatable bonds is 5. The highest BCUT2D eigenvalue weighted by Crippen LogP contribution is 2.23. The van der Waals surface area contributed by atoms with Gasteiger partial charge in [-0.05, 0) is 29.5 Å². The Balaban J connectivity index is 2.62. The van der Waals surface area contributed by atoms with E-state index < -0.39 is 15.9 Å². The minimum atomic E-state index is -3.11. The first-order valence-corrected chi connectivity index (χ1v) is 8.90. The van der Waals surface area contributed by atoms with Crippen LogP contribution in [0.5, 0.6) is 0 Å². The zero-order chi connectivity index (χ0) is 16.3. The molecule has 0 spiro atoms. The lowest BCUT2D eigenvalue weighted by molar-refractivity contribution is -0.117. The fourth-order valence-corrected chi connectivity index (χ4v) is 2.44. The van der Waals surface area contributed by atoms with E-state index in [0.717, 1.165) is 6.26 Å². The van der Waals surface area contributed by atoms with Crippen LogP contribution in [0.4, 0.5) is 5.69 Å². The molecule has 1 atom stereocenters. The number of nitrogens with one attached hydrogen (secondary N) is 1. The van der Waals surface area contributed by atoms with Crippen molar-refractivity contribution >= 4 is 21.4 Å². The lowest BCUT2D eigenvalue weighted by Crippen LogP contribution is -2.37. The molecule has 0 aromatic heterocycles. The largest absolute Gasteiger partial charge is 0.325 e. The topological polar surface area (TPSA) is 89.3 Å². The third kappa shape index (κ3) is 6.27. The highest BCUT2D eigenvalue weighted by atomic mass is 32.2. The SMILES string of the molecule is CC(C)(C)c1ccc(NC(=O)C(N)CCS(C)(=O)=O)cc1. The Bertz CT molecular complexity index is 586. The van der Waals surface area contributed by atoms with Gasteiger partial charge in [-0.2, -0.15) is 0 Å². The molecule has 6 heteroatoms. The van der Waals surface area contributed by atoms with Crippen LogP contribution in [0.15, 0.2) is 24.3 Å². The van der Waals surface area contributed by atoms with Crippen LogP contribution in [0.1, 0.15) is 32.8 Å². The Morgan fingerprint density at radius 1 is 1.24 bits per heavy atom. The number of hydrogen-bond donors (Lipinski definition) is 2. The van der Waals surface area contributed by atoms with Crippen molar-refractivity contribution in [2.45, 2.75) is 38.6 Å². The van der Waals surface area contributed by atoms with Crippen LogP contribution in [0.2, 0.25) is 0 Å². The van der Waals surface area contributed by atoms with Gasteiger partial charge in [-0.25, -0.2) is 8.42 Å². The second-order valence-corrected chi connectivity index (χ2v) is 8.60. The summed E-state index contributed by atoms with van der Waals surface area (Å²) in [7, 11) is -3.11. The summed E-state index contributed by atoms with van der Waals surface area (Å²) in [5, 5.41) is 2.70. The van der Waals surface area contributed by atoms with Crippen molar-refractivity contribution in [2.24, 2.45) is 5.73 Å². The van der Waals surface area contributed by atoms with Gasteiger partial charge in [0.1, 0.15) is 9.84 Å². The quantitative estimate of drug-likeness (QED) is 0.865. The van der Waals surface area contributed by atoms with Crippen LogP contribution in [-0.4, -0.2) is 32.4 Å². The zero-order valence-corrected chi connectivity index (χ0v) is 13.8. The highest BCUT2D eigenvalue weighted by molar-refractivity contribution is 7.90. The standard InChI is InChI=1S/C15H24N2O3S/c1-15(2,3)11-5-7-12(8-6-11)17-14(18)13(16)9-10-21(4,19)20/h5-8,13H,9-10,16H2,1-4H3,(H,17,18). The van der Waals surface area contributed by atoms with Crippen LogP contribution in [0.25, 0.3) is 0 Å². The number of amides is 1. The molecule has 1 aromatic rings. The predicted molar refractivity (Wildman–Crippen MR) is 86.1 cm³/mol. The molecule has 1 aromatic carbocycles. The smallest absolute Gasteiger partial charge is 0.241 e. The molecular weight excluding hydrogens is 288 g/mol. The van der Waals surface area contributed by atoms with E-state index in [2.05, 4.69) is 26.1 Å². The van der Waals surface area contributed by atoms with Gasteiger partial charge in [0.2, 0.25) is 5.91 Å². The first kappa shape index (κ1) is 17.7. The second kappa shape index (κ2) is 6.58. The summed E-state index contributed by atoms with van der Waals surface area (Å²) in [6.45, 7) is 6.34. The maximum absolute atomic E-state index is 11.9. The molecule has 0 fully saturated rings. The summed E-state index contributed by atoms with van der Waals surface area (Å²) in [5.74, 6) is -0.466. The molecule has 0 saturated heterocycles. The molecule has 0 aliphatic rings. The van der Waals surface area contributed by atoms with Gasteiger partial charge in [-0.1, -0.05) is 32.9 Å². The Morgan fingerprint density at radius 2 is 1.76 bits per heavy atom. The summed E-state index contributed by atoms with van der Waals surface area (Å²) in [4.78, 5) is 11.9. The van der Waals surface area contributed by atoms with Crippen molar-refractivity contribution in [3.8, 4) is 0 Å². The van der Waals surface area contributed by atoms with Gasteiger partial charge >= 0.3 is 0 Å². The number of nitrogens with two attached hydrogens (primary N) is 1. The number of anilines is 1. The van der Waals surface area contributed by atoms with Crippen molar-refractivity contribution in [1.82, 2.24) is 0 Å². The molecule has 0 radical (unpaired) electrons. The average Bonchev–Trinajstić information content (AvgIpc) is 2.34. The lowest BCUT2D eigenvalue weighted by atomic mass is 9.87. The summed E-state index contributed by atoms with van der Waals surface area (Å²) in [5.41, 5.74) is 7.57. The van der Waals surface area contributed by atoms with Gasteiger partial charge in [0.15, 0.2) is 0 Å². The molecule has 1 unspecified atom stereocenters. The van der Waals surface area contributed by atoms with E-state index >= 15 is 0 Å². The monoisotopic (exact) mass is 312 g/mol. The van der Waals surface area contributed by atoms with E-state index in [1.807, 2.05) is 24.3 Å². The van der Waals surface area contributed by atoms with E-state index in [1.54, 1.807) is 0 Å². The molecule has 0 heterocycles. The fourth-order valence-electron chi connectivity index (χ4n) is 1.76. The molecule has 21 heavy (non-hydrogen) atoms. The minimum Gasteiger partial charge on any atom is -0.325 e. The molecule has 0 bridgehead atoms. The van der Waals surface area contributed by atoms with Gasteiger partial charge in [0.25, 0.3) is 0 Å². The van der Waals surface area contributed by atoms with E-state index in [0.29, 0.717) is 5.69 Å². The van der Waals surface area contributed by atoms with Crippen LogP contribution in [0.3, 0.4) is 0 Å². The van der Waals surface area contributed by atoms with Gasteiger partial charge in [-0.3, -0.25) is 4.79 Å². The Hall–Kier alpha value is -1.40. The van der Waals surface area contributed by atoms with Crippen LogP contribution >= 0.6 is 0 Å². The van der Waals surface area contributed by atoms with E-state index in [9.17, 15) is 13.2 Å². The summed E-state index contributed by atoms with van der Waals surface area (Å²) >= 11 is 0. The highest BCUT2D eigenvalue weighted by Gasteiger charge is 2.17. The first-order chi connectivity index (χ1) is 9.49. The molecule has 3 N–H and O–H groups in total. The lowest BCUT2D eigenvalue weighted by Gasteiger charge is -2.19. The molecular formula is C15H24N2O3S. The van der Waals surface area contributed by atoms with Crippen LogP contribution in [-0.2, 0) is 20.0 Å². The molecule has 118 valence electrons. The number of benzene rings is 1. The number of carbonyl (C=O) groups excluding carboxylic acids is 1. The summed E-state index contributed by atoms with van der Waals surface area (Å²) in [6.07, 6.45) is 1.24. The molecule has 0 saturated carbocycles. The number of sulfone groups is 1. The van der Waals surface area contributed by atoms with Gasteiger partial charge < -0.3 is 11.1 Å². The summed E-state index contributed by atoms with van der Waals surface area (Å²) in [6, 6.07) is 6.72. The second-order valence-electron chi connectivity index (χ2n) is 6.34. The van der Waals surface area contributed by atoms with E-state index in [1.165, 1.54) is 5.56 Å². The third-order valence-corrected chi connectivity index (χ3v) is 4.13. The molecule has 0 aliphatic carbocycles. The van der Waals surface area contributed by atoms with E-state index in [4.69, 9.17) is 5.73 Å². The van der Waals surface area contributed by atoms with Crippen molar-refractivity contribution < 1.29 is 13.2 Å². The Morgan fingerprint density at radius 3 is 2.19 bits per heavy atom. The maximum atomic E-state index is 11.9. The Labute approximate surface area is 126 Å². The minimum absolute atomic E-state index is 0.0500. The summed E-state index contributed by atoms with van der Waals surface area (Å²) < 4.78 is 22.1. The van der Waals surface area contributed by atoms with Gasteiger partial charge in [-0.15, -0.1) is 0 Å². The molecule has 0 aliphatic heterocycles. The zero-order valence-electron chi connectivity index (χ0n) is 13.0. The predicted octanol–water partition coefficient (Wildman–Crippen LogP) is 1.68. The molecule has 1 amide bonds. The number of hydrogen-bond acceptors (Lipinski definition) is 4. The normalized spacial score (nSPS) is 13.8. The fraction of sp³-hybridized carbons (Fsp3) is 0.533. The maximum Gasteiger partial charge on any atom is 0.241 e. The van der Waals surface area contributed by atoms with Gasteiger partial charge in [0.05, 0.1) is 11.8 Å². The molecule has 1 rings (SSSR count). The average molecular weight is 312 g/mol. The Kier molecular flexibility index (Phi) is 5.53. The van der Waals surface area contributed by atoms with E-state index in [-0.39, 0.29) is 23.5 Å². The van der Waals surface area contributed by atoms with Crippen LogP contribution < -0.4 is 11.1 Å². The first-order valence-electron chi connectivity index (χ1n) is 6.84. The van der Waals surface area contributed by atoms with Crippen molar-refractivity contribution in [1.29, 1.82) is 0 Å².